The molecule has 1 saturated heterocycles. The molecule has 0 radical (unpaired) electrons. The van der Waals surface area contributed by atoms with Gasteiger partial charge in [-0.2, -0.15) is 0 Å². The molecule has 1 fully saturated rings. The van der Waals surface area contributed by atoms with Crippen LogP contribution < -0.4 is 5.32 Å². The highest BCUT2D eigenvalue weighted by Crippen LogP contribution is 2.18. The summed E-state index contributed by atoms with van der Waals surface area (Å²) >= 11 is 10.9. The third-order valence-electron chi connectivity index (χ3n) is 2.13. The molecule has 0 amide bonds. The average molecular weight is 286 g/mol. The number of nitrogens with one attached hydrogen (secondary N) is 1. The van der Waals surface area contributed by atoms with E-state index in [0.29, 0.717) is 12.5 Å². The molecule has 2 atom stereocenters. The van der Waals surface area contributed by atoms with E-state index in [1.807, 2.05) is 13.8 Å². The van der Waals surface area contributed by atoms with Crippen molar-refractivity contribution in [3.05, 3.63) is 0 Å². The molecule has 0 saturated carbocycles. The maximum Gasteiger partial charge on any atom is 0.256 e. The van der Waals surface area contributed by atoms with Gasteiger partial charge < -0.3 is 10.1 Å². The molecule has 94 valence electrons. The molecular weight excluding hydrogens is 270 g/mol. The highest BCUT2D eigenvalue weighted by atomic mass is 35.5. The second-order valence-electron chi connectivity index (χ2n) is 4.34. The van der Waals surface area contributed by atoms with Crippen LogP contribution in [-0.2, 0) is 14.6 Å². The first-order valence-electron chi connectivity index (χ1n) is 5.08. The number of thiocarbonyl (C=S) groups is 1. The number of hydrogen-bond donors (Lipinski definition) is 1. The van der Waals surface area contributed by atoms with Crippen LogP contribution in [-0.4, -0.2) is 43.1 Å². The van der Waals surface area contributed by atoms with E-state index in [0.717, 1.165) is 0 Å². The molecule has 0 bridgehead atoms. The summed E-state index contributed by atoms with van der Waals surface area (Å²) in [6, 6.07) is -0.341. The van der Waals surface area contributed by atoms with Gasteiger partial charge in [0.2, 0.25) is 0 Å². The largest absolute Gasteiger partial charge is 0.471 e. The molecule has 4 nitrogen and oxygen atoms in total. The topological polar surface area (TPSA) is 55.4 Å². The van der Waals surface area contributed by atoms with Crippen molar-refractivity contribution in [2.24, 2.45) is 5.92 Å². The van der Waals surface area contributed by atoms with Gasteiger partial charge in [-0.05, 0) is 18.1 Å². The Hall–Kier alpha value is -0.0700. The van der Waals surface area contributed by atoms with Gasteiger partial charge in [0, 0.05) is 0 Å². The Kier molecular flexibility index (Phi) is 4.82. The molecule has 1 aliphatic rings. The standard InChI is InChI=1S/C9H16ClNO3S2/c1-6(2)3-14-9(15)11-8-5-16(12,13)4-7(8)10/h6-8H,3-5H2,1-2H3,(H,11,15)/t7-,8-/m0/s1. The van der Waals surface area contributed by atoms with Gasteiger partial charge in [-0.3, -0.25) is 0 Å². The predicted octanol–water partition coefficient (Wildman–Crippen LogP) is 0.938. The van der Waals surface area contributed by atoms with Gasteiger partial charge in [0.05, 0.1) is 29.5 Å². The van der Waals surface area contributed by atoms with E-state index in [1.54, 1.807) is 0 Å². The predicted molar refractivity (Wildman–Crippen MR) is 68.6 cm³/mol. The zero-order valence-corrected chi connectivity index (χ0v) is 11.7. The van der Waals surface area contributed by atoms with Gasteiger partial charge >= 0.3 is 0 Å². The Morgan fingerprint density at radius 3 is 2.62 bits per heavy atom. The van der Waals surface area contributed by atoms with Gasteiger partial charge in [0.1, 0.15) is 0 Å². The Balaban J connectivity index is 2.40. The van der Waals surface area contributed by atoms with E-state index in [4.69, 9.17) is 28.6 Å². The van der Waals surface area contributed by atoms with Crippen LogP contribution in [0.4, 0.5) is 0 Å². The van der Waals surface area contributed by atoms with Crippen molar-refractivity contribution in [3.63, 3.8) is 0 Å². The minimum atomic E-state index is -3.03. The molecule has 0 aromatic rings. The third-order valence-corrected chi connectivity index (χ3v) is 4.75. The monoisotopic (exact) mass is 285 g/mol. The fourth-order valence-electron chi connectivity index (χ4n) is 1.37. The fourth-order valence-corrected chi connectivity index (χ4v) is 4.14. The van der Waals surface area contributed by atoms with Crippen molar-refractivity contribution >= 4 is 38.8 Å². The van der Waals surface area contributed by atoms with Crippen LogP contribution in [0.2, 0.25) is 0 Å². The quantitative estimate of drug-likeness (QED) is 0.618. The fraction of sp³-hybridized carbons (Fsp3) is 0.889. The molecule has 0 aliphatic carbocycles. The van der Waals surface area contributed by atoms with E-state index in [1.165, 1.54) is 0 Å². The molecule has 1 N–H and O–H groups in total. The molecule has 16 heavy (non-hydrogen) atoms. The maximum absolute atomic E-state index is 11.3. The molecule has 1 aliphatic heterocycles. The molecule has 1 heterocycles. The van der Waals surface area contributed by atoms with Crippen molar-refractivity contribution in [3.8, 4) is 0 Å². The summed E-state index contributed by atoms with van der Waals surface area (Å²) in [4.78, 5) is 0. The van der Waals surface area contributed by atoms with E-state index in [-0.39, 0.29) is 22.7 Å². The summed E-state index contributed by atoms with van der Waals surface area (Å²) in [5, 5.41) is 2.62. The van der Waals surface area contributed by atoms with Crippen LogP contribution >= 0.6 is 23.8 Å². The average Bonchev–Trinajstić information content (AvgIpc) is 2.36. The maximum atomic E-state index is 11.3. The normalized spacial score (nSPS) is 28.0. The SMILES string of the molecule is CC(C)COC(=S)N[C@H]1CS(=O)(=O)C[C@@H]1Cl. The van der Waals surface area contributed by atoms with Crippen LogP contribution in [0.25, 0.3) is 0 Å². The minimum Gasteiger partial charge on any atom is -0.471 e. The first kappa shape index (κ1) is 14.0. The summed E-state index contributed by atoms with van der Waals surface area (Å²) in [5.74, 6) is 0.393. The smallest absolute Gasteiger partial charge is 0.256 e. The lowest BCUT2D eigenvalue weighted by molar-refractivity contribution is 0.251. The highest BCUT2D eigenvalue weighted by Gasteiger charge is 2.36. The molecule has 0 spiro atoms. The van der Waals surface area contributed by atoms with E-state index in [2.05, 4.69) is 5.32 Å². The van der Waals surface area contributed by atoms with Crippen LogP contribution in [0.15, 0.2) is 0 Å². The third kappa shape index (κ3) is 4.43. The second kappa shape index (κ2) is 5.51. The first-order valence-corrected chi connectivity index (χ1v) is 7.74. The van der Waals surface area contributed by atoms with Gasteiger partial charge in [0.25, 0.3) is 5.17 Å². The summed E-state index contributed by atoms with van der Waals surface area (Å²) in [7, 11) is -3.03. The summed E-state index contributed by atoms with van der Waals surface area (Å²) in [6.07, 6.45) is 0. The Labute approximate surface area is 107 Å². The molecule has 7 heteroatoms. The lowest BCUT2D eigenvalue weighted by Crippen LogP contribution is -2.41. The van der Waals surface area contributed by atoms with Gasteiger partial charge in [-0.1, -0.05) is 13.8 Å². The minimum absolute atomic E-state index is 0.000976. The first-order chi connectivity index (χ1) is 7.30. The molecule has 0 unspecified atom stereocenters. The number of hydrogen-bond acceptors (Lipinski definition) is 4. The zero-order chi connectivity index (χ0) is 12.3. The molecule has 0 aromatic heterocycles. The van der Waals surface area contributed by atoms with E-state index >= 15 is 0 Å². The summed E-state index contributed by atoms with van der Waals surface area (Å²) < 4.78 is 27.8. The lowest BCUT2D eigenvalue weighted by Gasteiger charge is -2.17. The number of ether oxygens (including phenoxy) is 1. The number of rotatable bonds is 3. The van der Waals surface area contributed by atoms with Crippen LogP contribution in [0.5, 0.6) is 0 Å². The summed E-state index contributed by atoms with van der Waals surface area (Å²) in [6.45, 7) is 4.53. The lowest BCUT2D eigenvalue weighted by atomic mass is 10.2. The molecule has 0 aromatic carbocycles. The van der Waals surface area contributed by atoms with E-state index in [9.17, 15) is 8.42 Å². The van der Waals surface area contributed by atoms with Gasteiger partial charge in [-0.25, -0.2) is 8.42 Å². The second-order valence-corrected chi connectivity index (χ2v) is 7.42. The molecule has 1 rings (SSSR count). The van der Waals surface area contributed by atoms with Crippen molar-refractivity contribution in [2.45, 2.75) is 25.3 Å². The van der Waals surface area contributed by atoms with Gasteiger partial charge in [-0.15, -0.1) is 11.6 Å². The van der Waals surface area contributed by atoms with Crippen LogP contribution in [0.3, 0.4) is 0 Å². The summed E-state index contributed by atoms with van der Waals surface area (Å²) in [5.41, 5.74) is 0. The number of sulfone groups is 1. The van der Waals surface area contributed by atoms with Crippen molar-refractivity contribution in [1.82, 2.24) is 5.32 Å². The highest BCUT2D eigenvalue weighted by molar-refractivity contribution is 7.91. The van der Waals surface area contributed by atoms with Crippen LogP contribution in [0.1, 0.15) is 13.8 Å². The Morgan fingerprint density at radius 1 is 1.56 bits per heavy atom. The van der Waals surface area contributed by atoms with Gasteiger partial charge in [0.15, 0.2) is 9.84 Å². The van der Waals surface area contributed by atoms with Crippen molar-refractivity contribution in [2.75, 3.05) is 18.1 Å². The number of alkyl halides is 1. The Bertz CT molecular complexity index is 356. The Morgan fingerprint density at radius 2 is 2.19 bits per heavy atom. The van der Waals surface area contributed by atoms with Crippen molar-refractivity contribution < 1.29 is 13.2 Å². The molecular formula is C9H16ClNO3S2. The zero-order valence-electron chi connectivity index (χ0n) is 9.27. The number of halogens is 1. The van der Waals surface area contributed by atoms with E-state index < -0.39 is 15.2 Å². The van der Waals surface area contributed by atoms with Crippen molar-refractivity contribution in [1.29, 1.82) is 0 Å². The van der Waals surface area contributed by atoms with Crippen LogP contribution in [0, 0.1) is 5.92 Å².